The average molecular weight is 386 g/mol. The van der Waals surface area contributed by atoms with Crippen molar-refractivity contribution in [1.29, 1.82) is 0 Å². The van der Waals surface area contributed by atoms with E-state index < -0.39 is 0 Å². The molecule has 0 aliphatic heterocycles. The highest BCUT2D eigenvalue weighted by atomic mass is 79.9. The summed E-state index contributed by atoms with van der Waals surface area (Å²) in [6.07, 6.45) is 0. The van der Waals surface area contributed by atoms with E-state index in [1.807, 2.05) is 24.3 Å². The van der Waals surface area contributed by atoms with Gasteiger partial charge in [0.15, 0.2) is 5.84 Å². The van der Waals surface area contributed by atoms with Crippen LogP contribution in [0, 0.1) is 0 Å². The van der Waals surface area contributed by atoms with Crippen LogP contribution in [-0.2, 0) is 0 Å². The fraction of sp³-hybridized carbons (Fsp3) is 0. The number of oxime groups is 1. The Kier molecular flexibility index (Phi) is 4.44. The van der Waals surface area contributed by atoms with Gasteiger partial charge in [0.25, 0.3) is 0 Å². The number of amidine groups is 1. The number of ether oxygens (including phenoxy) is 1. The van der Waals surface area contributed by atoms with Gasteiger partial charge in [-0.05, 0) is 46.3 Å². The zero-order valence-electron chi connectivity index (χ0n) is 9.68. The number of hydrogen-bond acceptors (Lipinski definition) is 3. The second kappa shape index (κ2) is 6.08. The number of nitrogens with two attached hydrogens (primary N) is 1. The maximum atomic E-state index is 8.79. The maximum absolute atomic E-state index is 8.79. The molecule has 0 spiro atoms. The fourth-order valence-electron chi connectivity index (χ4n) is 1.49. The van der Waals surface area contributed by atoms with Crippen LogP contribution < -0.4 is 10.5 Å². The molecule has 3 N–H and O–H groups in total. The van der Waals surface area contributed by atoms with E-state index in [1.165, 1.54) is 0 Å². The molecule has 0 heterocycles. The second-order valence-corrected chi connectivity index (χ2v) is 5.43. The SMILES string of the molecule is N/C(=N/O)c1ccc(Br)cc1Oc1ccccc1Br. The van der Waals surface area contributed by atoms with Crippen molar-refractivity contribution >= 4 is 37.7 Å². The third kappa shape index (κ3) is 3.27. The lowest BCUT2D eigenvalue weighted by atomic mass is 10.2. The van der Waals surface area contributed by atoms with Gasteiger partial charge in [-0.2, -0.15) is 0 Å². The topological polar surface area (TPSA) is 67.8 Å². The first-order valence-electron chi connectivity index (χ1n) is 5.31. The molecular formula is C13H10Br2N2O2. The smallest absolute Gasteiger partial charge is 0.173 e. The summed E-state index contributed by atoms with van der Waals surface area (Å²) in [7, 11) is 0. The molecule has 0 radical (unpaired) electrons. The Morgan fingerprint density at radius 2 is 1.84 bits per heavy atom. The Morgan fingerprint density at radius 3 is 2.53 bits per heavy atom. The molecule has 0 saturated carbocycles. The molecule has 0 unspecified atom stereocenters. The van der Waals surface area contributed by atoms with Crippen molar-refractivity contribution in [3.05, 3.63) is 57.0 Å². The monoisotopic (exact) mass is 384 g/mol. The van der Waals surface area contributed by atoms with Gasteiger partial charge in [-0.25, -0.2) is 0 Å². The molecule has 0 aromatic heterocycles. The van der Waals surface area contributed by atoms with E-state index >= 15 is 0 Å². The zero-order chi connectivity index (χ0) is 13.8. The van der Waals surface area contributed by atoms with Crippen molar-refractivity contribution in [1.82, 2.24) is 0 Å². The van der Waals surface area contributed by atoms with Crippen LogP contribution in [0.25, 0.3) is 0 Å². The summed E-state index contributed by atoms with van der Waals surface area (Å²) < 4.78 is 7.45. The van der Waals surface area contributed by atoms with Crippen molar-refractivity contribution < 1.29 is 9.94 Å². The molecule has 0 aliphatic rings. The lowest BCUT2D eigenvalue weighted by Gasteiger charge is -2.12. The summed E-state index contributed by atoms with van der Waals surface area (Å²) in [4.78, 5) is 0. The fourth-order valence-corrected chi connectivity index (χ4v) is 2.20. The number of benzene rings is 2. The van der Waals surface area contributed by atoms with Gasteiger partial charge in [-0.15, -0.1) is 0 Å². The molecule has 4 nitrogen and oxygen atoms in total. The normalized spacial score (nSPS) is 11.4. The minimum absolute atomic E-state index is 0.00504. The highest BCUT2D eigenvalue weighted by molar-refractivity contribution is 9.10. The van der Waals surface area contributed by atoms with Crippen LogP contribution in [0.1, 0.15) is 5.56 Å². The number of nitrogens with zero attached hydrogens (tertiary/aromatic N) is 1. The molecule has 2 rings (SSSR count). The van der Waals surface area contributed by atoms with Crippen molar-refractivity contribution in [3.8, 4) is 11.5 Å². The Morgan fingerprint density at radius 1 is 1.11 bits per heavy atom. The van der Waals surface area contributed by atoms with E-state index in [0.29, 0.717) is 17.1 Å². The van der Waals surface area contributed by atoms with Gasteiger partial charge in [0, 0.05) is 4.47 Å². The molecule has 19 heavy (non-hydrogen) atoms. The first-order valence-corrected chi connectivity index (χ1v) is 6.90. The molecule has 98 valence electrons. The van der Waals surface area contributed by atoms with Crippen molar-refractivity contribution in [3.63, 3.8) is 0 Å². The van der Waals surface area contributed by atoms with Crippen molar-refractivity contribution in [2.45, 2.75) is 0 Å². The first-order chi connectivity index (χ1) is 9.11. The summed E-state index contributed by atoms with van der Waals surface area (Å²) in [5.74, 6) is 1.14. The molecule has 0 bridgehead atoms. The number of halogens is 2. The summed E-state index contributed by atoms with van der Waals surface area (Å²) in [6, 6.07) is 12.7. The first kappa shape index (κ1) is 13.9. The third-order valence-electron chi connectivity index (χ3n) is 2.38. The van der Waals surface area contributed by atoms with Crippen LogP contribution in [0.5, 0.6) is 11.5 Å². The van der Waals surface area contributed by atoms with Gasteiger partial charge in [0.2, 0.25) is 0 Å². The van der Waals surface area contributed by atoms with Crippen molar-refractivity contribution in [2.75, 3.05) is 0 Å². The Bertz CT molecular complexity index is 630. The Labute approximate surface area is 127 Å². The number of hydrogen-bond donors (Lipinski definition) is 2. The van der Waals surface area contributed by atoms with E-state index in [4.69, 9.17) is 15.7 Å². The van der Waals surface area contributed by atoms with E-state index in [1.54, 1.807) is 18.2 Å². The molecule has 0 saturated heterocycles. The summed E-state index contributed by atoms with van der Waals surface area (Å²) in [5, 5.41) is 11.8. The molecule has 0 amide bonds. The average Bonchev–Trinajstić information content (AvgIpc) is 2.41. The quantitative estimate of drug-likeness (QED) is 0.361. The highest BCUT2D eigenvalue weighted by Gasteiger charge is 2.11. The molecule has 0 aliphatic carbocycles. The minimum Gasteiger partial charge on any atom is -0.455 e. The predicted molar refractivity (Wildman–Crippen MR) is 80.9 cm³/mol. The van der Waals surface area contributed by atoms with E-state index in [-0.39, 0.29) is 5.84 Å². The van der Waals surface area contributed by atoms with Gasteiger partial charge in [0.05, 0.1) is 10.0 Å². The Hall–Kier alpha value is -1.53. The van der Waals surface area contributed by atoms with Gasteiger partial charge in [0.1, 0.15) is 11.5 Å². The molecule has 0 atom stereocenters. The van der Waals surface area contributed by atoms with Crippen LogP contribution in [0.4, 0.5) is 0 Å². The lowest BCUT2D eigenvalue weighted by Crippen LogP contribution is -2.14. The van der Waals surface area contributed by atoms with Gasteiger partial charge in [-0.3, -0.25) is 0 Å². The van der Waals surface area contributed by atoms with E-state index in [2.05, 4.69) is 37.0 Å². The molecule has 2 aromatic carbocycles. The standard InChI is InChI=1S/C13H10Br2N2O2/c14-8-5-6-9(13(16)17-18)12(7-8)19-11-4-2-1-3-10(11)15/h1-7,18H,(H2,16,17). The second-order valence-electron chi connectivity index (χ2n) is 3.66. The summed E-state index contributed by atoms with van der Waals surface area (Å²) in [5.41, 5.74) is 6.15. The largest absolute Gasteiger partial charge is 0.455 e. The zero-order valence-corrected chi connectivity index (χ0v) is 12.8. The van der Waals surface area contributed by atoms with E-state index in [9.17, 15) is 0 Å². The van der Waals surface area contributed by atoms with Crippen molar-refractivity contribution in [2.24, 2.45) is 10.9 Å². The highest BCUT2D eigenvalue weighted by Crippen LogP contribution is 2.32. The van der Waals surface area contributed by atoms with E-state index in [0.717, 1.165) is 8.95 Å². The summed E-state index contributed by atoms with van der Waals surface area (Å²) in [6.45, 7) is 0. The summed E-state index contributed by atoms with van der Waals surface area (Å²) >= 11 is 6.77. The van der Waals surface area contributed by atoms with Crippen LogP contribution in [0.3, 0.4) is 0 Å². The lowest BCUT2D eigenvalue weighted by molar-refractivity contribution is 0.318. The van der Waals surface area contributed by atoms with Crippen LogP contribution in [0.2, 0.25) is 0 Å². The molecule has 0 fully saturated rings. The Balaban J connectivity index is 2.44. The molecule has 2 aromatic rings. The molecular weight excluding hydrogens is 376 g/mol. The number of para-hydroxylation sites is 1. The molecule has 6 heteroatoms. The predicted octanol–water partition coefficient (Wildman–Crippen LogP) is 4.10. The van der Waals surface area contributed by atoms with Gasteiger partial charge < -0.3 is 15.7 Å². The van der Waals surface area contributed by atoms with Crippen LogP contribution in [-0.4, -0.2) is 11.0 Å². The van der Waals surface area contributed by atoms with Gasteiger partial charge >= 0.3 is 0 Å². The van der Waals surface area contributed by atoms with Crippen LogP contribution in [0.15, 0.2) is 56.6 Å². The van der Waals surface area contributed by atoms with Crippen LogP contribution >= 0.6 is 31.9 Å². The maximum Gasteiger partial charge on any atom is 0.173 e. The minimum atomic E-state index is -0.00504. The third-order valence-corrected chi connectivity index (χ3v) is 3.53. The van der Waals surface area contributed by atoms with Gasteiger partial charge in [-0.1, -0.05) is 33.2 Å². The number of rotatable bonds is 3.